The van der Waals surface area contributed by atoms with Crippen LogP contribution in [-0.4, -0.2) is 55.7 Å². The molecule has 2 aliphatic rings. The van der Waals surface area contributed by atoms with Gasteiger partial charge in [-0.05, 0) is 45.2 Å². The summed E-state index contributed by atoms with van der Waals surface area (Å²) in [4.78, 5) is 13.5. The molecule has 2 atom stereocenters. The van der Waals surface area contributed by atoms with E-state index < -0.39 is 0 Å². The van der Waals surface area contributed by atoms with Crippen LogP contribution in [0.2, 0.25) is 0 Å². The fourth-order valence-corrected chi connectivity index (χ4v) is 3.21. The molecule has 3 N–H and O–H groups in total. The topological polar surface area (TPSA) is 67.6 Å². The summed E-state index contributed by atoms with van der Waals surface area (Å²) < 4.78 is 5.50. The van der Waals surface area contributed by atoms with Crippen LogP contribution in [0.25, 0.3) is 0 Å². The average Bonchev–Trinajstić information content (AvgIpc) is 2.40. The van der Waals surface area contributed by atoms with Crippen LogP contribution in [0.3, 0.4) is 0 Å². The number of piperidine rings is 1. The molecule has 0 radical (unpaired) electrons. The Hall–Kier alpha value is -0.650. The minimum atomic E-state index is -0.157. The van der Waals surface area contributed by atoms with Crippen molar-refractivity contribution in [2.24, 2.45) is 11.7 Å². The molecule has 0 spiro atoms. The van der Waals surface area contributed by atoms with E-state index in [1.165, 1.54) is 0 Å². The lowest BCUT2D eigenvalue weighted by Crippen LogP contribution is -2.47. The number of nitrogens with one attached hydrogen (secondary N) is 1. The number of ether oxygens (including phenoxy) is 1. The van der Waals surface area contributed by atoms with E-state index in [1.807, 2.05) is 0 Å². The molecule has 2 saturated heterocycles. The molecule has 2 aliphatic heterocycles. The number of carbonyl (C=O) groups excluding carboxylic acids is 1. The van der Waals surface area contributed by atoms with Gasteiger partial charge in [0.15, 0.2) is 0 Å². The highest BCUT2D eigenvalue weighted by Crippen LogP contribution is 2.23. The lowest BCUT2D eigenvalue weighted by molar-refractivity contribution is -0.119. The van der Waals surface area contributed by atoms with Crippen molar-refractivity contribution in [2.45, 2.75) is 44.7 Å². The van der Waals surface area contributed by atoms with Crippen molar-refractivity contribution >= 4 is 5.91 Å². The monoisotopic (exact) mass is 269 g/mol. The first kappa shape index (κ1) is 14.8. The van der Waals surface area contributed by atoms with Gasteiger partial charge in [0.1, 0.15) is 0 Å². The minimum absolute atomic E-state index is 0.157. The van der Waals surface area contributed by atoms with Crippen LogP contribution in [0, 0.1) is 5.92 Å². The van der Waals surface area contributed by atoms with E-state index in [4.69, 9.17) is 10.5 Å². The number of morpholine rings is 1. The number of hydrogen-bond donors (Lipinski definition) is 2. The third kappa shape index (κ3) is 4.75. The minimum Gasteiger partial charge on any atom is -0.379 e. The number of carbonyl (C=O) groups is 1. The summed E-state index contributed by atoms with van der Waals surface area (Å²) >= 11 is 0. The van der Waals surface area contributed by atoms with E-state index >= 15 is 0 Å². The van der Waals surface area contributed by atoms with Gasteiger partial charge in [0.05, 0.1) is 13.2 Å². The van der Waals surface area contributed by atoms with Crippen molar-refractivity contribution in [3.8, 4) is 0 Å². The fourth-order valence-electron chi connectivity index (χ4n) is 3.21. The molecule has 19 heavy (non-hydrogen) atoms. The molecule has 110 valence electrons. The molecule has 0 bridgehead atoms. The van der Waals surface area contributed by atoms with Gasteiger partial charge in [0.2, 0.25) is 5.91 Å². The molecule has 2 heterocycles. The van der Waals surface area contributed by atoms with Crippen LogP contribution in [0.4, 0.5) is 0 Å². The Morgan fingerprint density at radius 1 is 1.47 bits per heavy atom. The van der Waals surface area contributed by atoms with Crippen LogP contribution in [0.15, 0.2) is 0 Å². The zero-order valence-corrected chi connectivity index (χ0v) is 11.9. The van der Waals surface area contributed by atoms with Crippen LogP contribution in [-0.2, 0) is 9.53 Å². The van der Waals surface area contributed by atoms with Gasteiger partial charge in [-0.25, -0.2) is 0 Å². The SMILES string of the molecule is CC(CC1COCCN1)N1CCC(CC(N)=O)CC1. The Morgan fingerprint density at radius 3 is 2.79 bits per heavy atom. The first-order valence-corrected chi connectivity index (χ1v) is 7.48. The number of hydrogen-bond acceptors (Lipinski definition) is 4. The highest BCUT2D eigenvalue weighted by molar-refractivity contribution is 5.73. The zero-order valence-electron chi connectivity index (χ0n) is 11.9. The maximum absolute atomic E-state index is 10.9. The van der Waals surface area contributed by atoms with E-state index in [1.54, 1.807) is 0 Å². The number of primary amides is 1. The molecule has 0 aromatic rings. The summed E-state index contributed by atoms with van der Waals surface area (Å²) in [5, 5.41) is 3.51. The maximum atomic E-state index is 10.9. The molecule has 5 nitrogen and oxygen atoms in total. The van der Waals surface area contributed by atoms with Crippen LogP contribution >= 0.6 is 0 Å². The Labute approximate surface area is 115 Å². The van der Waals surface area contributed by atoms with Crippen molar-refractivity contribution in [2.75, 3.05) is 32.8 Å². The summed E-state index contributed by atoms with van der Waals surface area (Å²) in [5.41, 5.74) is 5.27. The summed E-state index contributed by atoms with van der Waals surface area (Å²) in [7, 11) is 0. The highest BCUT2D eigenvalue weighted by Gasteiger charge is 2.25. The third-order valence-electron chi connectivity index (χ3n) is 4.39. The summed E-state index contributed by atoms with van der Waals surface area (Å²) in [6.07, 6.45) is 3.89. The van der Waals surface area contributed by atoms with Crippen molar-refractivity contribution in [1.29, 1.82) is 0 Å². The van der Waals surface area contributed by atoms with Crippen molar-refractivity contribution in [3.63, 3.8) is 0 Å². The van der Waals surface area contributed by atoms with E-state index in [0.29, 0.717) is 24.4 Å². The normalized spacial score (nSPS) is 28.2. The lowest BCUT2D eigenvalue weighted by Gasteiger charge is -2.37. The molecule has 2 unspecified atom stereocenters. The van der Waals surface area contributed by atoms with E-state index in [-0.39, 0.29) is 5.91 Å². The number of nitrogens with two attached hydrogens (primary N) is 1. The Balaban J connectivity index is 1.69. The smallest absolute Gasteiger partial charge is 0.217 e. The lowest BCUT2D eigenvalue weighted by atomic mass is 9.92. The number of likely N-dealkylation sites (tertiary alicyclic amines) is 1. The van der Waals surface area contributed by atoms with Gasteiger partial charge < -0.3 is 20.7 Å². The number of nitrogens with zero attached hydrogens (tertiary/aromatic N) is 1. The van der Waals surface area contributed by atoms with Crippen molar-refractivity contribution in [1.82, 2.24) is 10.2 Å². The summed E-state index contributed by atoms with van der Waals surface area (Å²) in [5.74, 6) is 0.340. The van der Waals surface area contributed by atoms with Gasteiger partial charge in [0.25, 0.3) is 0 Å². The van der Waals surface area contributed by atoms with Crippen LogP contribution in [0.5, 0.6) is 0 Å². The van der Waals surface area contributed by atoms with E-state index in [0.717, 1.165) is 52.1 Å². The second kappa shape index (κ2) is 7.22. The highest BCUT2D eigenvalue weighted by atomic mass is 16.5. The quantitative estimate of drug-likeness (QED) is 0.755. The van der Waals surface area contributed by atoms with Crippen molar-refractivity contribution in [3.05, 3.63) is 0 Å². The molecule has 5 heteroatoms. The van der Waals surface area contributed by atoms with E-state index in [2.05, 4.69) is 17.1 Å². The molecule has 0 saturated carbocycles. The van der Waals surface area contributed by atoms with Crippen LogP contribution < -0.4 is 11.1 Å². The van der Waals surface area contributed by atoms with Crippen LogP contribution in [0.1, 0.15) is 32.6 Å². The molecular formula is C14H27N3O2. The molecule has 2 fully saturated rings. The van der Waals surface area contributed by atoms with Gasteiger partial charge in [-0.2, -0.15) is 0 Å². The first-order valence-electron chi connectivity index (χ1n) is 7.48. The Kier molecular flexibility index (Phi) is 5.60. The number of rotatable bonds is 5. The molecule has 1 amide bonds. The predicted octanol–water partition coefficient (Wildman–Crippen LogP) is 0.341. The van der Waals surface area contributed by atoms with Gasteiger partial charge in [-0.3, -0.25) is 4.79 Å². The zero-order chi connectivity index (χ0) is 13.7. The second-order valence-electron chi connectivity index (χ2n) is 5.96. The van der Waals surface area contributed by atoms with Crippen molar-refractivity contribution < 1.29 is 9.53 Å². The Bertz CT molecular complexity index is 284. The van der Waals surface area contributed by atoms with Gasteiger partial charge >= 0.3 is 0 Å². The van der Waals surface area contributed by atoms with Gasteiger partial charge in [0, 0.05) is 25.0 Å². The van der Waals surface area contributed by atoms with Gasteiger partial charge in [-0.1, -0.05) is 0 Å². The van der Waals surface area contributed by atoms with E-state index in [9.17, 15) is 4.79 Å². The maximum Gasteiger partial charge on any atom is 0.217 e. The third-order valence-corrected chi connectivity index (χ3v) is 4.39. The molecule has 0 aromatic heterocycles. The largest absolute Gasteiger partial charge is 0.379 e. The Morgan fingerprint density at radius 2 is 2.21 bits per heavy atom. The second-order valence-corrected chi connectivity index (χ2v) is 5.96. The fraction of sp³-hybridized carbons (Fsp3) is 0.929. The molecule has 2 rings (SSSR count). The molecular weight excluding hydrogens is 242 g/mol. The number of amides is 1. The van der Waals surface area contributed by atoms with Gasteiger partial charge in [-0.15, -0.1) is 0 Å². The standard InChI is InChI=1S/C14H27N3O2/c1-11(8-13-10-19-7-4-16-13)17-5-2-12(3-6-17)9-14(15)18/h11-13,16H,2-10H2,1H3,(H2,15,18). The summed E-state index contributed by atoms with van der Waals surface area (Å²) in [6, 6.07) is 1.07. The average molecular weight is 269 g/mol. The summed E-state index contributed by atoms with van der Waals surface area (Å²) in [6.45, 7) is 7.12. The first-order chi connectivity index (χ1) is 9.15. The molecule has 0 aliphatic carbocycles. The molecule has 0 aromatic carbocycles. The predicted molar refractivity (Wildman–Crippen MR) is 74.8 cm³/mol.